The van der Waals surface area contributed by atoms with Crippen molar-refractivity contribution in [3.8, 4) is 0 Å². The minimum Gasteiger partial charge on any atom is -0.383 e. The van der Waals surface area contributed by atoms with E-state index in [0.29, 0.717) is 0 Å². The minimum absolute atomic E-state index is 0.370. The second-order valence-electron chi connectivity index (χ2n) is 4.02. The van der Waals surface area contributed by atoms with Crippen molar-refractivity contribution in [2.45, 2.75) is 43.1 Å². The molecule has 1 atom stereocenters. The van der Waals surface area contributed by atoms with Crippen molar-refractivity contribution in [1.29, 1.82) is 0 Å². The minimum atomic E-state index is -6.48. The zero-order valence-corrected chi connectivity index (χ0v) is 9.34. The van der Waals surface area contributed by atoms with Crippen molar-refractivity contribution >= 4 is 5.78 Å². The maximum atomic E-state index is 12.7. The van der Waals surface area contributed by atoms with E-state index in [2.05, 4.69) is 0 Å². The number of hydrogen-bond acceptors (Lipinski definition) is 2. The van der Waals surface area contributed by atoms with Crippen LogP contribution < -0.4 is 0 Å². The summed E-state index contributed by atoms with van der Waals surface area (Å²) in [4.78, 5) is 10.6. The summed E-state index contributed by atoms with van der Waals surface area (Å²) in [5, 5.41) is 8.79. The molecule has 0 bridgehead atoms. The van der Waals surface area contributed by atoms with Crippen LogP contribution in [0.1, 0.15) is 13.3 Å². The summed E-state index contributed by atoms with van der Waals surface area (Å²) in [5.74, 6) is -15.5. The summed E-state index contributed by atoms with van der Waals surface area (Å²) in [6.07, 6.45) is -15.7. The molecule has 0 rings (SSSR count). The number of carbonyl (C=O) groups is 1. The van der Waals surface area contributed by atoms with Gasteiger partial charge in [-0.1, -0.05) is 0 Å². The Kier molecular flexibility index (Phi) is 4.49. The van der Waals surface area contributed by atoms with Gasteiger partial charge in [0.1, 0.15) is 5.60 Å². The van der Waals surface area contributed by atoms with Crippen LogP contribution in [0.5, 0.6) is 0 Å². The predicted molar refractivity (Wildman–Crippen MR) is 42.3 cm³/mol. The van der Waals surface area contributed by atoms with Crippen LogP contribution in [0, 0.1) is 0 Å². The van der Waals surface area contributed by atoms with Crippen molar-refractivity contribution < 1.29 is 53.8 Å². The lowest BCUT2D eigenvalue weighted by molar-refractivity contribution is -0.339. The maximum absolute atomic E-state index is 12.7. The third kappa shape index (κ3) is 3.15. The van der Waals surface area contributed by atoms with E-state index in [1.807, 2.05) is 0 Å². The first kappa shape index (κ1) is 18.9. The van der Waals surface area contributed by atoms with Crippen molar-refractivity contribution in [1.82, 2.24) is 0 Å². The molecule has 1 N–H and O–H groups in total. The molecule has 0 aromatic heterocycles. The van der Waals surface area contributed by atoms with Gasteiger partial charge in [-0.15, -0.1) is 0 Å². The molecule has 0 aliphatic carbocycles. The first-order valence-corrected chi connectivity index (χ1v) is 4.52. The quantitative estimate of drug-likeness (QED) is 0.807. The van der Waals surface area contributed by atoms with E-state index in [1.165, 1.54) is 0 Å². The Balaban J connectivity index is 5.38. The van der Waals surface area contributed by atoms with Gasteiger partial charge in [0.2, 0.25) is 5.78 Å². The highest BCUT2D eigenvalue weighted by Crippen LogP contribution is 2.46. The summed E-state index contributed by atoms with van der Waals surface area (Å²) in [5.41, 5.74) is -4.46. The van der Waals surface area contributed by atoms with Crippen LogP contribution in [0.15, 0.2) is 0 Å². The standard InChI is InChI=1S/C8H6F10O2/c1-4(20,6(11,12)8(16,17)18)2-3(19)5(9,10)7(13,14)15/h20H,2H2,1H3/t4-/m0/s1. The average molecular weight is 324 g/mol. The van der Waals surface area contributed by atoms with E-state index in [9.17, 15) is 48.7 Å². The molecule has 0 aromatic carbocycles. The monoisotopic (exact) mass is 324 g/mol. The molecule has 0 heterocycles. The number of hydrogen-bond donors (Lipinski definition) is 1. The van der Waals surface area contributed by atoms with Crippen molar-refractivity contribution in [3.05, 3.63) is 0 Å². The van der Waals surface area contributed by atoms with E-state index in [1.54, 1.807) is 0 Å². The molecule has 2 nitrogen and oxygen atoms in total. The first-order chi connectivity index (χ1) is 8.38. The molecule has 0 unspecified atom stereocenters. The van der Waals surface area contributed by atoms with E-state index in [0.717, 1.165) is 0 Å². The fraction of sp³-hybridized carbons (Fsp3) is 0.875. The van der Waals surface area contributed by atoms with E-state index in [-0.39, 0.29) is 6.92 Å². The largest absolute Gasteiger partial charge is 0.461 e. The van der Waals surface area contributed by atoms with Gasteiger partial charge in [0, 0.05) is 6.42 Å². The lowest BCUT2D eigenvalue weighted by Crippen LogP contribution is -2.58. The summed E-state index contributed by atoms with van der Waals surface area (Å²) in [6, 6.07) is 0. The van der Waals surface area contributed by atoms with Gasteiger partial charge in [0.05, 0.1) is 0 Å². The predicted octanol–water partition coefficient (Wildman–Crippen LogP) is 3.09. The SMILES string of the molecule is C[C@](O)(CC(=O)C(F)(F)C(F)(F)F)C(F)(F)C(F)(F)F. The summed E-state index contributed by atoms with van der Waals surface area (Å²) < 4.78 is 121. The topological polar surface area (TPSA) is 37.3 Å². The number of ketones is 1. The Morgan fingerprint density at radius 3 is 1.45 bits per heavy atom. The number of carbonyl (C=O) groups excluding carboxylic acids is 1. The third-order valence-electron chi connectivity index (χ3n) is 2.24. The number of alkyl halides is 10. The molecule has 0 aromatic rings. The first-order valence-electron chi connectivity index (χ1n) is 4.52. The Labute approximate surface area is 104 Å². The normalized spacial score (nSPS) is 17.8. The molecule has 120 valence electrons. The Bertz CT molecular complexity index is 378. The molecule has 0 saturated heterocycles. The van der Waals surface area contributed by atoms with Gasteiger partial charge in [-0.05, 0) is 6.92 Å². The van der Waals surface area contributed by atoms with Crippen molar-refractivity contribution in [2.24, 2.45) is 0 Å². The molecule has 0 amide bonds. The van der Waals surface area contributed by atoms with Crippen LogP contribution in [0.2, 0.25) is 0 Å². The highest BCUT2D eigenvalue weighted by molar-refractivity contribution is 5.87. The van der Waals surface area contributed by atoms with E-state index < -0.39 is 42.0 Å². The lowest BCUT2D eigenvalue weighted by Gasteiger charge is -2.34. The van der Waals surface area contributed by atoms with E-state index in [4.69, 9.17) is 5.11 Å². The Hall–Kier alpha value is -1.07. The summed E-state index contributed by atoms with van der Waals surface area (Å²) in [6.45, 7) is -0.370. The molecular formula is C8H6F10O2. The van der Waals surface area contributed by atoms with Crippen LogP contribution in [-0.2, 0) is 4.79 Å². The Morgan fingerprint density at radius 1 is 0.850 bits per heavy atom. The molecule has 0 spiro atoms. The van der Waals surface area contributed by atoms with Crippen LogP contribution in [-0.4, -0.2) is 40.7 Å². The summed E-state index contributed by atoms with van der Waals surface area (Å²) >= 11 is 0. The second-order valence-corrected chi connectivity index (χ2v) is 4.02. The van der Waals surface area contributed by atoms with Gasteiger partial charge in [-0.2, -0.15) is 43.9 Å². The fourth-order valence-electron chi connectivity index (χ4n) is 0.998. The summed E-state index contributed by atoms with van der Waals surface area (Å²) in [7, 11) is 0. The highest BCUT2D eigenvalue weighted by atomic mass is 19.4. The maximum Gasteiger partial charge on any atom is 0.461 e. The molecule has 0 radical (unpaired) electrons. The number of halogens is 10. The van der Waals surface area contributed by atoms with Gasteiger partial charge < -0.3 is 5.11 Å². The van der Waals surface area contributed by atoms with Crippen LogP contribution in [0.4, 0.5) is 43.9 Å². The molecule has 0 aliphatic heterocycles. The lowest BCUT2D eigenvalue weighted by atomic mass is 9.89. The van der Waals surface area contributed by atoms with Gasteiger partial charge in [0.15, 0.2) is 0 Å². The van der Waals surface area contributed by atoms with Gasteiger partial charge >= 0.3 is 24.2 Å². The van der Waals surface area contributed by atoms with Crippen molar-refractivity contribution in [3.63, 3.8) is 0 Å². The number of aliphatic hydroxyl groups is 1. The van der Waals surface area contributed by atoms with Gasteiger partial charge in [-0.3, -0.25) is 4.79 Å². The smallest absolute Gasteiger partial charge is 0.383 e. The van der Waals surface area contributed by atoms with Crippen LogP contribution >= 0.6 is 0 Å². The highest BCUT2D eigenvalue weighted by Gasteiger charge is 2.71. The molecule has 0 fully saturated rings. The van der Waals surface area contributed by atoms with Gasteiger partial charge in [0.25, 0.3) is 0 Å². The Morgan fingerprint density at radius 2 is 1.20 bits per heavy atom. The molecule has 0 aliphatic rings. The number of rotatable bonds is 4. The molecule has 0 saturated carbocycles. The number of Topliss-reactive ketones (excluding diaryl/α,β-unsaturated/α-hetero) is 1. The van der Waals surface area contributed by atoms with Crippen LogP contribution in [0.25, 0.3) is 0 Å². The fourth-order valence-corrected chi connectivity index (χ4v) is 0.998. The molecular weight excluding hydrogens is 318 g/mol. The van der Waals surface area contributed by atoms with Gasteiger partial charge in [-0.25, -0.2) is 0 Å². The molecule has 20 heavy (non-hydrogen) atoms. The zero-order valence-electron chi connectivity index (χ0n) is 9.34. The third-order valence-corrected chi connectivity index (χ3v) is 2.24. The van der Waals surface area contributed by atoms with E-state index >= 15 is 0 Å². The van der Waals surface area contributed by atoms with Crippen molar-refractivity contribution in [2.75, 3.05) is 0 Å². The van der Waals surface area contributed by atoms with Crippen LogP contribution in [0.3, 0.4) is 0 Å². The molecule has 12 heteroatoms. The average Bonchev–Trinajstić information content (AvgIpc) is 2.12. The second kappa shape index (κ2) is 4.74. The zero-order chi connectivity index (χ0) is 16.8.